The van der Waals surface area contributed by atoms with Crippen LogP contribution >= 0.6 is 0 Å². The molecule has 0 saturated carbocycles. The Morgan fingerprint density at radius 3 is 2.73 bits per heavy atom. The summed E-state index contributed by atoms with van der Waals surface area (Å²) in [6.45, 7) is 4.84. The van der Waals surface area contributed by atoms with E-state index in [1.165, 1.54) is 0 Å². The van der Waals surface area contributed by atoms with Gasteiger partial charge in [-0.1, -0.05) is 25.4 Å². The number of hydrogen-bond acceptors (Lipinski definition) is 3. The Kier molecular flexibility index (Phi) is 7.13. The van der Waals surface area contributed by atoms with Gasteiger partial charge in [0.2, 0.25) is 0 Å². The second-order valence-corrected chi connectivity index (χ2v) is 3.42. The number of amidine groups is 1. The molecule has 0 heterocycles. The summed E-state index contributed by atoms with van der Waals surface area (Å²) in [5, 5.41) is 16.6. The number of rotatable bonds is 6. The van der Waals surface area contributed by atoms with Crippen molar-refractivity contribution >= 4 is 11.9 Å². The van der Waals surface area contributed by atoms with Crippen LogP contribution in [0, 0.1) is 5.92 Å². The first-order valence-electron chi connectivity index (χ1n) is 5.10. The highest BCUT2D eigenvalue weighted by atomic mass is 16.4. The number of hydrogen-bond donors (Lipinski definition) is 4. The minimum absolute atomic E-state index is 0.115. The van der Waals surface area contributed by atoms with Gasteiger partial charge in [-0.05, 0) is 6.42 Å². The highest BCUT2D eigenvalue weighted by Gasteiger charge is 2.08. The predicted octanol–water partition coefficient (Wildman–Crippen LogP) is 0.468. The van der Waals surface area contributed by atoms with Gasteiger partial charge in [-0.3, -0.25) is 0 Å². The van der Waals surface area contributed by atoms with Gasteiger partial charge in [0.05, 0.1) is 0 Å². The van der Waals surface area contributed by atoms with E-state index in [9.17, 15) is 4.79 Å². The van der Waals surface area contributed by atoms with Crippen LogP contribution in [0.15, 0.2) is 5.16 Å². The molecule has 6 nitrogen and oxygen atoms in total. The number of unbranched alkanes of at least 4 members (excludes halogenated alkanes) is 1. The van der Waals surface area contributed by atoms with Crippen molar-refractivity contribution in [2.75, 3.05) is 13.1 Å². The smallest absolute Gasteiger partial charge is 0.314 e. The molecular weight excluding hydrogens is 196 g/mol. The Hall–Kier alpha value is -1.46. The first kappa shape index (κ1) is 13.5. The first-order valence-corrected chi connectivity index (χ1v) is 5.10. The van der Waals surface area contributed by atoms with Crippen LogP contribution in [-0.4, -0.2) is 30.2 Å². The van der Waals surface area contributed by atoms with E-state index in [2.05, 4.69) is 22.7 Å². The molecule has 0 aromatic heterocycles. The zero-order chi connectivity index (χ0) is 11.7. The average molecular weight is 216 g/mol. The van der Waals surface area contributed by atoms with Gasteiger partial charge < -0.3 is 21.6 Å². The number of carbonyl (C=O) groups excluding carboxylic acids is 1. The van der Waals surface area contributed by atoms with E-state index in [1.54, 1.807) is 6.92 Å². The predicted molar refractivity (Wildman–Crippen MR) is 58.9 cm³/mol. The van der Waals surface area contributed by atoms with Gasteiger partial charge >= 0.3 is 6.03 Å². The second-order valence-electron chi connectivity index (χ2n) is 3.42. The quantitative estimate of drug-likeness (QED) is 0.171. The number of oxime groups is 1. The van der Waals surface area contributed by atoms with Crippen molar-refractivity contribution in [3.8, 4) is 0 Å². The van der Waals surface area contributed by atoms with Crippen LogP contribution in [0.1, 0.15) is 26.7 Å². The largest absolute Gasteiger partial charge is 0.409 e. The molecule has 0 spiro atoms. The van der Waals surface area contributed by atoms with Crippen molar-refractivity contribution < 1.29 is 10.0 Å². The Morgan fingerprint density at radius 2 is 2.20 bits per heavy atom. The van der Waals surface area contributed by atoms with Crippen LogP contribution in [0.5, 0.6) is 0 Å². The Labute approximate surface area is 89.9 Å². The van der Waals surface area contributed by atoms with Crippen molar-refractivity contribution in [1.29, 1.82) is 0 Å². The number of carbonyl (C=O) groups is 1. The molecule has 0 aliphatic rings. The van der Waals surface area contributed by atoms with Crippen molar-refractivity contribution in [2.24, 2.45) is 16.8 Å². The maximum atomic E-state index is 11.2. The SMILES string of the molecule is CCCCNC(=O)NCC(C)C(N)=NO. The number of nitrogens with one attached hydrogen (secondary N) is 2. The summed E-state index contributed by atoms with van der Waals surface area (Å²) >= 11 is 0. The molecule has 0 aliphatic carbocycles. The van der Waals surface area contributed by atoms with E-state index in [1.807, 2.05) is 0 Å². The third-order valence-corrected chi connectivity index (χ3v) is 2.01. The van der Waals surface area contributed by atoms with Gasteiger partial charge in [-0.2, -0.15) is 0 Å². The lowest BCUT2D eigenvalue weighted by atomic mass is 10.1. The Balaban J connectivity index is 3.62. The van der Waals surface area contributed by atoms with Gasteiger partial charge in [0.1, 0.15) is 5.84 Å². The maximum absolute atomic E-state index is 11.2. The van der Waals surface area contributed by atoms with Gasteiger partial charge in [0.25, 0.3) is 0 Å². The molecule has 6 heteroatoms. The summed E-state index contributed by atoms with van der Waals surface area (Å²) in [6, 6.07) is -0.221. The average Bonchev–Trinajstić information content (AvgIpc) is 2.25. The fraction of sp³-hybridized carbons (Fsp3) is 0.778. The number of urea groups is 1. The monoisotopic (exact) mass is 216 g/mol. The van der Waals surface area contributed by atoms with Crippen LogP contribution in [0.4, 0.5) is 4.79 Å². The fourth-order valence-electron chi connectivity index (χ4n) is 0.890. The van der Waals surface area contributed by atoms with Crippen LogP contribution < -0.4 is 16.4 Å². The van der Waals surface area contributed by atoms with E-state index in [4.69, 9.17) is 10.9 Å². The van der Waals surface area contributed by atoms with E-state index in [0.717, 1.165) is 12.8 Å². The number of nitrogens with zero attached hydrogens (tertiary/aromatic N) is 1. The molecular formula is C9H20N4O2. The molecule has 0 rings (SSSR count). The molecule has 0 aliphatic heterocycles. The lowest BCUT2D eigenvalue weighted by molar-refractivity contribution is 0.240. The van der Waals surface area contributed by atoms with E-state index in [-0.39, 0.29) is 17.8 Å². The Bertz CT molecular complexity index is 218. The zero-order valence-electron chi connectivity index (χ0n) is 9.29. The molecule has 5 N–H and O–H groups in total. The summed E-state index contributed by atoms with van der Waals surface area (Å²) in [7, 11) is 0. The second kappa shape index (κ2) is 7.90. The molecule has 88 valence electrons. The van der Waals surface area contributed by atoms with Crippen molar-refractivity contribution in [1.82, 2.24) is 10.6 Å². The standard InChI is InChI=1S/C9H20N4O2/c1-3-4-5-11-9(14)12-6-7(2)8(10)13-15/h7,15H,3-6H2,1-2H3,(H2,10,13)(H2,11,12,14). The highest BCUT2D eigenvalue weighted by molar-refractivity contribution is 5.83. The lowest BCUT2D eigenvalue weighted by Crippen LogP contribution is -2.40. The van der Waals surface area contributed by atoms with Gasteiger partial charge in [-0.15, -0.1) is 0 Å². The molecule has 0 saturated heterocycles. The third kappa shape index (κ3) is 6.59. The van der Waals surface area contributed by atoms with Crippen molar-refractivity contribution in [2.45, 2.75) is 26.7 Å². The summed E-state index contributed by atoms with van der Waals surface area (Å²) in [5.74, 6) is -0.0595. The molecule has 15 heavy (non-hydrogen) atoms. The fourth-order valence-corrected chi connectivity index (χ4v) is 0.890. The molecule has 0 aromatic carbocycles. The zero-order valence-corrected chi connectivity index (χ0v) is 9.29. The van der Waals surface area contributed by atoms with Gasteiger partial charge in [0.15, 0.2) is 0 Å². The molecule has 0 fully saturated rings. The minimum atomic E-state index is -0.221. The minimum Gasteiger partial charge on any atom is -0.409 e. The van der Waals surface area contributed by atoms with Crippen LogP contribution in [-0.2, 0) is 0 Å². The maximum Gasteiger partial charge on any atom is 0.314 e. The molecule has 2 amide bonds. The summed E-state index contributed by atoms with van der Waals surface area (Å²) in [6.07, 6.45) is 2.00. The van der Waals surface area contributed by atoms with Crippen molar-refractivity contribution in [3.05, 3.63) is 0 Å². The molecule has 0 bridgehead atoms. The third-order valence-electron chi connectivity index (χ3n) is 2.01. The lowest BCUT2D eigenvalue weighted by Gasteiger charge is -2.11. The summed E-state index contributed by atoms with van der Waals surface area (Å²) < 4.78 is 0. The molecule has 1 unspecified atom stereocenters. The van der Waals surface area contributed by atoms with E-state index < -0.39 is 0 Å². The van der Waals surface area contributed by atoms with Gasteiger partial charge in [0, 0.05) is 19.0 Å². The van der Waals surface area contributed by atoms with E-state index >= 15 is 0 Å². The number of nitrogens with two attached hydrogens (primary N) is 1. The summed E-state index contributed by atoms with van der Waals surface area (Å²) in [4.78, 5) is 11.2. The van der Waals surface area contributed by atoms with E-state index in [0.29, 0.717) is 13.1 Å². The van der Waals surface area contributed by atoms with Crippen LogP contribution in [0.2, 0.25) is 0 Å². The van der Waals surface area contributed by atoms with Crippen LogP contribution in [0.3, 0.4) is 0 Å². The highest BCUT2D eigenvalue weighted by Crippen LogP contribution is 1.91. The normalized spacial score (nSPS) is 13.3. The number of amides is 2. The first-order chi connectivity index (χ1) is 7.11. The molecule has 0 radical (unpaired) electrons. The topological polar surface area (TPSA) is 99.7 Å². The van der Waals surface area contributed by atoms with Crippen LogP contribution in [0.25, 0.3) is 0 Å². The van der Waals surface area contributed by atoms with Crippen molar-refractivity contribution in [3.63, 3.8) is 0 Å². The van der Waals surface area contributed by atoms with Gasteiger partial charge in [-0.25, -0.2) is 4.79 Å². The Morgan fingerprint density at radius 1 is 1.53 bits per heavy atom. The molecule has 0 aromatic rings. The summed E-state index contributed by atoms with van der Waals surface area (Å²) in [5.41, 5.74) is 5.35. The molecule has 1 atom stereocenters.